The monoisotopic (exact) mass is 892 g/mol. The summed E-state index contributed by atoms with van der Waals surface area (Å²) in [5.41, 5.74) is -7.84. The molecule has 2 aromatic carbocycles. The van der Waals surface area contributed by atoms with Gasteiger partial charge in [0.2, 0.25) is 5.83 Å². The number of aromatic amines is 2. The van der Waals surface area contributed by atoms with Gasteiger partial charge in [-0.05, 0) is 82.9 Å². The molecule has 4 nitrogen and oxygen atoms in total. The number of nitrogens with zero attached hydrogens (tertiary/aromatic N) is 2. The van der Waals surface area contributed by atoms with Crippen LogP contribution in [0.4, 0.5) is 61.5 Å². The molecular formula is C40H20Cl2F14N4. The fourth-order valence-electron chi connectivity index (χ4n) is 6.49. The minimum absolute atomic E-state index is 0.138. The van der Waals surface area contributed by atoms with E-state index < -0.39 is 91.0 Å². The third-order valence-electron chi connectivity index (χ3n) is 9.38. The molecule has 7 rings (SSSR count). The van der Waals surface area contributed by atoms with Crippen LogP contribution in [0.5, 0.6) is 0 Å². The van der Waals surface area contributed by atoms with Crippen LogP contribution in [-0.4, -0.2) is 48.5 Å². The number of H-pyrrole nitrogens is 2. The lowest BCUT2D eigenvalue weighted by Crippen LogP contribution is -2.59. The van der Waals surface area contributed by atoms with Crippen molar-refractivity contribution in [3.05, 3.63) is 125 Å². The van der Waals surface area contributed by atoms with E-state index in [1.54, 1.807) is 0 Å². The lowest BCUT2D eigenvalue weighted by Gasteiger charge is -2.34. The number of alkyl halides is 14. The lowest BCUT2D eigenvalue weighted by atomic mass is 9.94. The normalized spacial score (nSPS) is 14.5. The van der Waals surface area contributed by atoms with Crippen LogP contribution in [0, 0.1) is 0 Å². The lowest BCUT2D eigenvalue weighted by molar-refractivity contribution is -0.353. The number of allylic oxidation sites excluding steroid dienone is 1. The van der Waals surface area contributed by atoms with E-state index in [0.717, 1.165) is 36.4 Å². The molecule has 0 saturated carbocycles. The number of aromatic nitrogens is 4. The summed E-state index contributed by atoms with van der Waals surface area (Å²) in [7, 11) is 0. The van der Waals surface area contributed by atoms with Crippen LogP contribution >= 0.6 is 23.2 Å². The largest absolute Gasteiger partial charge is 0.393 e. The Kier molecular flexibility index (Phi) is 10.3. The van der Waals surface area contributed by atoms with E-state index >= 15 is 26.3 Å². The van der Waals surface area contributed by atoms with E-state index in [4.69, 9.17) is 0 Å². The Hall–Kier alpha value is -5.62. The first kappa shape index (κ1) is 42.5. The molecule has 2 aliphatic rings. The molecular weight excluding hydrogens is 873 g/mol. The minimum Gasteiger partial charge on any atom is -0.354 e. The SMILES string of the molecule is F/C(=C(/F)C(F)(F)C(F)(F)Cl)c1c2ccc([nH]2)c(-c2ccccc2)c2nc(c(C(F)(F)C(F)(F)C(F)(F)C(F)(F)Cl)c3nc(c(-c4ccccc4)c4ccc1[nH]4)C=C3)C=C2. The van der Waals surface area contributed by atoms with Crippen LogP contribution in [0.25, 0.3) is 74.5 Å². The molecule has 2 aliphatic heterocycles. The highest BCUT2D eigenvalue weighted by molar-refractivity contribution is 6.23. The van der Waals surface area contributed by atoms with Crippen molar-refractivity contribution < 1.29 is 61.5 Å². The second-order valence-corrected chi connectivity index (χ2v) is 14.1. The van der Waals surface area contributed by atoms with Crippen LogP contribution in [0.2, 0.25) is 0 Å². The molecule has 3 aromatic heterocycles. The van der Waals surface area contributed by atoms with Crippen molar-refractivity contribution in [1.82, 2.24) is 19.9 Å². The number of hydrogen-bond acceptors (Lipinski definition) is 2. The molecule has 0 saturated heterocycles. The Morgan fingerprint density at radius 3 is 1.23 bits per heavy atom. The first-order valence-corrected chi connectivity index (χ1v) is 17.6. The summed E-state index contributed by atoms with van der Waals surface area (Å²) in [5, 5.41) is -11.8. The fourth-order valence-corrected chi connectivity index (χ4v) is 6.69. The van der Waals surface area contributed by atoms with Gasteiger partial charge in [0.25, 0.3) is 0 Å². The quantitative estimate of drug-likeness (QED) is 0.112. The van der Waals surface area contributed by atoms with Crippen LogP contribution < -0.4 is 0 Å². The highest BCUT2D eigenvalue weighted by Gasteiger charge is 2.81. The van der Waals surface area contributed by atoms with Crippen LogP contribution in [0.3, 0.4) is 0 Å². The maximum absolute atomic E-state index is 16.3. The highest BCUT2D eigenvalue weighted by atomic mass is 35.5. The first-order chi connectivity index (χ1) is 27.9. The Labute approximate surface area is 337 Å². The van der Waals surface area contributed by atoms with E-state index in [1.807, 2.05) is 0 Å². The summed E-state index contributed by atoms with van der Waals surface area (Å²) in [5.74, 6) is -31.7. The number of halogens is 16. The summed E-state index contributed by atoms with van der Waals surface area (Å²) < 4.78 is 209. The molecule has 8 bridgehead atoms. The van der Waals surface area contributed by atoms with Crippen LogP contribution in [-0.2, 0) is 5.92 Å². The summed E-state index contributed by atoms with van der Waals surface area (Å²) in [6.07, 6.45) is 3.23. The molecule has 20 heteroatoms. The van der Waals surface area contributed by atoms with Gasteiger partial charge in [-0.3, -0.25) is 0 Å². The van der Waals surface area contributed by atoms with Gasteiger partial charge in [-0.15, -0.1) is 0 Å². The minimum atomic E-state index is -6.91. The average Bonchev–Trinajstić information content (AvgIpc) is 4.02. The molecule has 0 spiro atoms. The topological polar surface area (TPSA) is 57.4 Å². The van der Waals surface area contributed by atoms with Gasteiger partial charge in [-0.2, -0.15) is 52.7 Å². The maximum Gasteiger partial charge on any atom is 0.393 e. The Morgan fingerprint density at radius 1 is 0.467 bits per heavy atom. The van der Waals surface area contributed by atoms with Gasteiger partial charge in [0.1, 0.15) is 0 Å². The first-order valence-electron chi connectivity index (χ1n) is 16.9. The number of hydrogen-bond donors (Lipinski definition) is 2. The van der Waals surface area contributed by atoms with Crippen molar-refractivity contribution >= 4 is 75.4 Å². The zero-order valence-corrected chi connectivity index (χ0v) is 30.8. The molecule has 60 heavy (non-hydrogen) atoms. The molecule has 0 atom stereocenters. The van der Waals surface area contributed by atoms with Gasteiger partial charge in [-0.1, -0.05) is 60.7 Å². The van der Waals surface area contributed by atoms with Gasteiger partial charge in [-0.25, -0.2) is 18.7 Å². The van der Waals surface area contributed by atoms with E-state index in [-0.39, 0.29) is 33.3 Å². The molecule has 0 fully saturated rings. The number of nitrogens with one attached hydrogen (secondary N) is 2. The zero-order valence-electron chi connectivity index (χ0n) is 29.3. The van der Waals surface area contributed by atoms with Gasteiger partial charge >= 0.3 is 34.5 Å². The third-order valence-corrected chi connectivity index (χ3v) is 9.86. The van der Waals surface area contributed by atoms with Crippen LogP contribution in [0.1, 0.15) is 33.9 Å². The average molecular weight is 894 g/mol. The predicted octanol–water partition coefficient (Wildman–Crippen LogP) is 14.3. The summed E-state index contributed by atoms with van der Waals surface area (Å²) >= 11 is 8.77. The Balaban J connectivity index is 1.71. The van der Waals surface area contributed by atoms with Crippen molar-refractivity contribution in [2.24, 2.45) is 0 Å². The number of benzene rings is 2. The van der Waals surface area contributed by atoms with E-state index in [0.29, 0.717) is 12.2 Å². The third kappa shape index (κ3) is 6.82. The molecule has 312 valence electrons. The molecule has 0 unspecified atom stereocenters. The van der Waals surface area contributed by atoms with Crippen molar-refractivity contribution in [1.29, 1.82) is 0 Å². The zero-order chi connectivity index (χ0) is 43.8. The molecule has 0 aliphatic carbocycles. The Bertz CT molecular complexity index is 2630. The van der Waals surface area contributed by atoms with Crippen molar-refractivity contribution in [3.8, 4) is 22.3 Å². The Morgan fingerprint density at radius 2 is 0.850 bits per heavy atom. The standard InChI is InChI=1S/C40H20Cl2F14N4/c41-39(53,54)36(47,48)34(44)33(43)31-25-13-11-21(57-25)29(19-7-3-1-4-8-19)23-15-17-27(59-23)32(35(45,46)37(49,50)38(51,52)40(42,55)56)28-18-16-24(60-28)30(20-9-5-2-6-10-20)22-12-14-26(31)58-22/h1-18,57-58H/b29-21?,29-23?,30-22?,30-24?,31-25?,31-26?,32-27?,32-28?,34-33+. The molecule has 5 heterocycles. The number of rotatable bonds is 9. The van der Waals surface area contributed by atoms with E-state index in [1.165, 1.54) is 60.7 Å². The van der Waals surface area contributed by atoms with Gasteiger partial charge < -0.3 is 9.97 Å². The summed E-state index contributed by atoms with van der Waals surface area (Å²) in [4.78, 5) is 13.3. The molecule has 5 aromatic rings. The van der Waals surface area contributed by atoms with Gasteiger partial charge in [0.05, 0.1) is 44.9 Å². The van der Waals surface area contributed by atoms with Gasteiger partial charge in [0.15, 0.2) is 5.83 Å². The highest BCUT2D eigenvalue weighted by Crippen LogP contribution is 2.58. The van der Waals surface area contributed by atoms with Crippen LogP contribution in [0.15, 0.2) is 90.8 Å². The second-order valence-electron chi connectivity index (χ2n) is 13.2. The van der Waals surface area contributed by atoms with E-state index in [2.05, 4.69) is 43.1 Å². The van der Waals surface area contributed by atoms with Crippen molar-refractivity contribution in [3.63, 3.8) is 0 Å². The smallest absolute Gasteiger partial charge is 0.354 e. The molecule has 2 N–H and O–H groups in total. The summed E-state index contributed by atoms with van der Waals surface area (Å²) in [6.45, 7) is 0. The second kappa shape index (κ2) is 14.5. The summed E-state index contributed by atoms with van der Waals surface area (Å²) in [6, 6.07) is 18.7. The van der Waals surface area contributed by atoms with Gasteiger partial charge in [0, 0.05) is 22.2 Å². The predicted molar refractivity (Wildman–Crippen MR) is 199 cm³/mol. The fraction of sp³-hybridized carbons (Fsp3) is 0.150. The number of fused-ring (bicyclic) bond motifs is 8. The molecule has 0 amide bonds. The maximum atomic E-state index is 16.3. The van der Waals surface area contributed by atoms with E-state index in [9.17, 15) is 35.1 Å². The molecule has 0 radical (unpaired) electrons. The van der Waals surface area contributed by atoms with Crippen molar-refractivity contribution in [2.45, 2.75) is 34.5 Å². The van der Waals surface area contributed by atoms with Crippen molar-refractivity contribution in [2.75, 3.05) is 0 Å².